The van der Waals surface area contributed by atoms with E-state index in [0.717, 1.165) is 58.8 Å². The van der Waals surface area contributed by atoms with Crippen LogP contribution >= 0.6 is 0 Å². The van der Waals surface area contributed by atoms with Gasteiger partial charge in [-0.2, -0.15) is 0 Å². The highest BCUT2D eigenvalue weighted by atomic mass is 16.5. The largest absolute Gasteiger partial charge is 0.459 e. The van der Waals surface area contributed by atoms with Crippen molar-refractivity contribution in [2.24, 2.45) is 11.3 Å². The summed E-state index contributed by atoms with van der Waals surface area (Å²) in [5.41, 5.74) is 0.254. The summed E-state index contributed by atoms with van der Waals surface area (Å²) in [6, 6.07) is 3.50. The standard InChI is InChI=1S/C18H28N2O4/c1-22-11-9-19-12-15(13-23-2)18(14-19)5-7-20(8-6-18)17(21)16-4-3-10-24-16/h3-4,10,15H,5-9,11-14H2,1-2H3. The van der Waals surface area contributed by atoms with Crippen molar-refractivity contribution in [1.29, 1.82) is 0 Å². The van der Waals surface area contributed by atoms with E-state index in [2.05, 4.69) is 4.90 Å². The van der Waals surface area contributed by atoms with Crippen molar-refractivity contribution in [3.63, 3.8) is 0 Å². The smallest absolute Gasteiger partial charge is 0.289 e. The van der Waals surface area contributed by atoms with Crippen molar-refractivity contribution in [1.82, 2.24) is 9.80 Å². The first-order valence-corrected chi connectivity index (χ1v) is 8.71. The molecule has 6 nitrogen and oxygen atoms in total. The molecule has 1 aromatic heterocycles. The molecule has 1 spiro atoms. The second-order valence-electron chi connectivity index (χ2n) is 7.01. The van der Waals surface area contributed by atoms with Gasteiger partial charge in [0.05, 0.1) is 19.5 Å². The number of piperidine rings is 1. The Morgan fingerprint density at radius 3 is 2.75 bits per heavy atom. The molecule has 2 aliphatic rings. The van der Waals surface area contributed by atoms with Crippen LogP contribution in [0.5, 0.6) is 0 Å². The van der Waals surface area contributed by atoms with Crippen LogP contribution in [0.4, 0.5) is 0 Å². The minimum Gasteiger partial charge on any atom is -0.459 e. The van der Waals surface area contributed by atoms with E-state index in [1.807, 2.05) is 4.90 Å². The number of rotatable bonds is 6. The fourth-order valence-corrected chi connectivity index (χ4v) is 4.24. The first-order chi connectivity index (χ1) is 11.7. The van der Waals surface area contributed by atoms with Gasteiger partial charge in [-0.1, -0.05) is 0 Å². The van der Waals surface area contributed by atoms with Gasteiger partial charge in [-0.15, -0.1) is 0 Å². The zero-order valence-corrected chi connectivity index (χ0v) is 14.7. The summed E-state index contributed by atoms with van der Waals surface area (Å²) in [4.78, 5) is 16.9. The number of hydrogen-bond donors (Lipinski definition) is 0. The second kappa shape index (κ2) is 7.68. The normalized spacial score (nSPS) is 23.9. The Balaban J connectivity index is 1.62. The Morgan fingerprint density at radius 2 is 2.12 bits per heavy atom. The number of amides is 1. The molecule has 24 heavy (non-hydrogen) atoms. The lowest BCUT2D eigenvalue weighted by molar-refractivity contribution is 0.0305. The van der Waals surface area contributed by atoms with Crippen LogP contribution in [0.1, 0.15) is 23.4 Å². The van der Waals surface area contributed by atoms with Crippen molar-refractivity contribution >= 4 is 5.91 Å². The molecule has 134 valence electrons. The Bertz CT molecular complexity index is 523. The van der Waals surface area contributed by atoms with Crippen LogP contribution in [0.15, 0.2) is 22.8 Å². The molecule has 0 bridgehead atoms. The van der Waals surface area contributed by atoms with Crippen LogP contribution in [-0.2, 0) is 9.47 Å². The van der Waals surface area contributed by atoms with Crippen molar-refractivity contribution in [3.8, 4) is 0 Å². The predicted molar refractivity (Wildman–Crippen MR) is 90.0 cm³/mol. The van der Waals surface area contributed by atoms with Gasteiger partial charge in [0, 0.05) is 52.9 Å². The summed E-state index contributed by atoms with van der Waals surface area (Å²) < 4.78 is 16.0. The van der Waals surface area contributed by atoms with Crippen molar-refractivity contribution < 1.29 is 18.7 Å². The van der Waals surface area contributed by atoms with Gasteiger partial charge in [0.15, 0.2) is 5.76 Å². The van der Waals surface area contributed by atoms with Crippen LogP contribution < -0.4 is 0 Å². The lowest BCUT2D eigenvalue weighted by Crippen LogP contribution is -2.47. The number of likely N-dealkylation sites (tertiary alicyclic amines) is 2. The van der Waals surface area contributed by atoms with E-state index >= 15 is 0 Å². The number of carbonyl (C=O) groups is 1. The summed E-state index contributed by atoms with van der Waals surface area (Å²) in [5, 5.41) is 0. The third-order valence-corrected chi connectivity index (χ3v) is 5.64. The number of methoxy groups -OCH3 is 2. The SMILES string of the molecule is COCCN1CC(COC)C2(CCN(C(=O)c3ccco3)CC2)C1. The molecule has 0 saturated carbocycles. The van der Waals surface area contributed by atoms with E-state index in [9.17, 15) is 4.79 Å². The van der Waals surface area contributed by atoms with E-state index in [0.29, 0.717) is 11.7 Å². The van der Waals surface area contributed by atoms with Crippen LogP contribution in [-0.4, -0.2) is 75.9 Å². The maximum Gasteiger partial charge on any atom is 0.289 e. The minimum atomic E-state index is 0.00683. The van der Waals surface area contributed by atoms with Crippen LogP contribution in [0.25, 0.3) is 0 Å². The van der Waals surface area contributed by atoms with E-state index in [1.165, 1.54) is 0 Å². The molecule has 0 radical (unpaired) electrons. The average Bonchev–Trinajstić information content (AvgIpc) is 3.23. The molecule has 2 saturated heterocycles. The molecule has 0 N–H and O–H groups in total. The van der Waals surface area contributed by atoms with E-state index in [1.54, 1.807) is 32.6 Å². The monoisotopic (exact) mass is 336 g/mol. The molecule has 1 atom stereocenters. The minimum absolute atomic E-state index is 0.00683. The summed E-state index contributed by atoms with van der Waals surface area (Å²) in [7, 11) is 3.53. The zero-order chi connectivity index (χ0) is 17.0. The van der Waals surface area contributed by atoms with Crippen LogP contribution in [0.3, 0.4) is 0 Å². The summed E-state index contributed by atoms with van der Waals surface area (Å²) >= 11 is 0. The number of nitrogens with zero attached hydrogens (tertiary/aromatic N) is 2. The van der Waals surface area contributed by atoms with E-state index < -0.39 is 0 Å². The topological polar surface area (TPSA) is 55.2 Å². The van der Waals surface area contributed by atoms with Crippen LogP contribution in [0, 0.1) is 11.3 Å². The summed E-state index contributed by atoms with van der Waals surface area (Å²) in [5.74, 6) is 0.972. The van der Waals surface area contributed by atoms with Gasteiger partial charge in [-0.25, -0.2) is 0 Å². The predicted octanol–water partition coefficient (Wildman–Crippen LogP) is 1.73. The number of furan rings is 1. The van der Waals surface area contributed by atoms with Crippen molar-refractivity contribution in [2.45, 2.75) is 12.8 Å². The maximum atomic E-state index is 12.5. The van der Waals surface area contributed by atoms with Gasteiger partial charge in [0.1, 0.15) is 0 Å². The van der Waals surface area contributed by atoms with Gasteiger partial charge < -0.3 is 23.7 Å². The molecule has 3 rings (SSSR count). The molecule has 2 fully saturated rings. The lowest BCUT2D eigenvalue weighted by Gasteiger charge is -2.42. The highest BCUT2D eigenvalue weighted by Crippen LogP contribution is 2.44. The first kappa shape index (κ1) is 17.5. The molecule has 0 aromatic carbocycles. The third-order valence-electron chi connectivity index (χ3n) is 5.64. The number of carbonyl (C=O) groups excluding carboxylic acids is 1. The van der Waals surface area contributed by atoms with Gasteiger partial charge in [0.25, 0.3) is 5.91 Å². The first-order valence-electron chi connectivity index (χ1n) is 8.71. The maximum absolute atomic E-state index is 12.5. The average molecular weight is 336 g/mol. The number of ether oxygens (including phenoxy) is 2. The third kappa shape index (κ3) is 3.50. The summed E-state index contributed by atoms with van der Waals surface area (Å²) in [6.45, 7) is 6.23. The van der Waals surface area contributed by atoms with Crippen LogP contribution in [0.2, 0.25) is 0 Å². The Morgan fingerprint density at radius 1 is 1.33 bits per heavy atom. The van der Waals surface area contributed by atoms with Gasteiger partial charge in [-0.3, -0.25) is 4.79 Å². The fraction of sp³-hybridized carbons (Fsp3) is 0.722. The molecule has 2 aliphatic heterocycles. The van der Waals surface area contributed by atoms with Gasteiger partial charge in [-0.05, 0) is 30.4 Å². The zero-order valence-electron chi connectivity index (χ0n) is 14.7. The Hall–Kier alpha value is -1.37. The highest BCUT2D eigenvalue weighted by Gasteiger charge is 2.48. The molecule has 1 aromatic rings. The molecule has 1 unspecified atom stereocenters. The molecular formula is C18H28N2O4. The lowest BCUT2D eigenvalue weighted by atomic mass is 9.71. The molecule has 0 aliphatic carbocycles. The Kier molecular flexibility index (Phi) is 5.58. The van der Waals surface area contributed by atoms with Gasteiger partial charge >= 0.3 is 0 Å². The quantitative estimate of drug-likeness (QED) is 0.792. The molecule has 3 heterocycles. The number of hydrogen-bond acceptors (Lipinski definition) is 5. The molecule has 1 amide bonds. The Labute approximate surface area is 143 Å². The molecular weight excluding hydrogens is 308 g/mol. The highest BCUT2D eigenvalue weighted by molar-refractivity contribution is 5.91. The van der Waals surface area contributed by atoms with Gasteiger partial charge in [0.2, 0.25) is 0 Å². The van der Waals surface area contributed by atoms with E-state index in [4.69, 9.17) is 13.9 Å². The van der Waals surface area contributed by atoms with Crippen molar-refractivity contribution in [3.05, 3.63) is 24.2 Å². The second-order valence-corrected chi connectivity index (χ2v) is 7.01. The summed E-state index contributed by atoms with van der Waals surface area (Å²) in [6.07, 6.45) is 3.60. The van der Waals surface area contributed by atoms with E-state index in [-0.39, 0.29) is 11.3 Å². The fourth-order valence-electron chi connectivity index (χ4n) is 4.24. The van der Waals surface area contributed by atoms with Crippen molar-refractivity contribution in [2.75, 3.05) is 60.2 Å². The molecule has 6 heteroatoms.